The lowest BCUT2D eigenvalue weighted by Crippen LogP contribution is -2.84. The van der Waals surface area contributed by atoms with Crippen LogP contribution in [0.1, 0.15) is 47.9 Å². The van der Waals surface area contributed by atoms with E-state index in [1.54, 1.807) is 18.2 Å². The van der Waals surface area contributed by atoms with Crippen LogP contribution >= 0.6 is 11.6 Å². The molecule has 2 bridgehead atoms. The predicted molar refractivity (Wildman–Crippen MR) is 122 cm³/mol. The van der Waals surface area contributed by atoms with Crippen LogP contribution in [0, 0.1) is 0 Å². The summed E-state index contributed by atoms with van der Waals surface area (Å²) in [5, 5.41) is 17.0. The first-order chi connectivity index (χ1) is 16.3. The number of carbonyl (C=O) groups excluding carboxylic acids is 2. The third-order valence-corrected chi connectivity index (χ3v) is 7.11. The molecule has 4 aliphatic rings. The van der Waals surface area contributed by atoms with E-state index in [-0.39, 0.29) is 35.1 Å². The summed E-state index contributed by atoms with van der Waals surface area (Å²) < 4.78 is 11.5. The maximum absolute atomic E-state index is 12.9. The number of aliphatic hydroxyl groups is 1. The summed E-state index contributed by atoms with van der Waals surface area (Å²) in [6, 6.07) is 14.4. The minimum absolute atomic E-state index is 0.157. The van der Waals surface area contributed by atoms with Gasteiger partial charge in [0.15, 0.2) is 6.10 Å². The number of nitrogens with zero attached hydrogens (tertiary/aromatic N) is 1. The van der Waals surface area contributed by atoms with Crippen molar-refractivity contribution in [1.82, 2.24) is 15.6 Å². The Balaban J connectivity index is 1.04. The van der Waals surface area contributed by atoms with Gasteiger partial charge in [0.2, 0.25) is 11.7 Å². The minimum atomic E-state index is -0.820. The summed E-state index contributed by atoms with van der Waals surface area (Å²) in [6.07, 6.45) is 1.90. The highest BCUT2D eigenvalue weighted by molar-refractivity contribution is 6.30. The topological polar surface area (TPSA) is 114 Å². The van der Waals surface area contributed by atoms with Gasteiger partial charge >= 0.3 is 0 Å². The molecule has 174 valence electrons. The zero-order chi connectivity index (χ0) is 23.5. The second-order valence-electron chi connectivity index (χ2n) is 9.47. The van der Waals surface area contributed by atoms with Crippen molar-refractivity contribution in [3.05, 3.63) is 71.1 Å². The summed E-state index contributed by atoms with van der Waals surface area (Å²) in [5.74, 6) is 0.438. The Kier molecular flexibility index (Phi) is 4.72. The standard InChI is InChI=1S/C25H22ClN3O5/c26-15-6-7-18-16(8-15)17(30)9-19(33-18)21(31)28-24-11-25(12-24,13-24)29-22(32)20-10-27-23(34-20)14-4-2-1-3-5-14/h1-8,10,17,19,30H,9,11-13H2,(H,28,31)(H,29,32)/t17-,19-,24?,25?/m1/s1. The zero-order valence-electron chi connectivity index (χ0n) is 18.1. The molecule has 3 aromatic rings. The fourth-order valence-corrected chi connectivity index (χ4v) is 5.55. The van der Waals surface area contributed by atoms with Crippen molar-refractivity contribution in [2.24, 2.45) is 0 Å². The van der Waals surface area contributed by atoms with E-state index in [4.69, 9.17) is 20.8 Å². The lowest BCUT2D eigenvalue weighted by atomic mass is 9.44. The van der Waals surface area contributed by atoms with Crippen LogP contribution in [0.3, 0.4) is 0 Å². The van der Waals surface area contributed by atoms with Gasteiger partial charge in [0.1, 0.15) is 5.75 Å². The molecule has 2 heterocycles. The summed E-state index contributed by atoms with van der Waals surface area (Å²) in [6.45, 7) is 0. The second kappa shape index (κ2) is 7.58. The molecule has 1 aliphatic heterocycles. The Morgan fingerprint density at radius 1 is 1.06 bits per heavy atom. The Bertz CT molecular complexity index is 1270. The van der Waals surface area contributed by atoms with Crippen LogP contribution in [0.15, 0.2) is 59.1 Å². The summed E-state index contributed by atoms with van der Waals surface area (Å²) in [4.78, 5) is 29.7. The van der Waals surface area contributed by atoms with Crippen LogP contribution in [0.25, 0.3) is 11.5 Å². The van der Waals surface area contributed by atoms with Crippen molar-refractivity contribution >= 4 is 23.4 Å². The number of fused-ring (bicyclic) bond motifs is 1. The lowest BCUT2D eigenvalue weighted by Gasteiger charge is -2.70. The molecule has 2 aromatic carbocycles. The van der Waals surface area contributed by atoms with E-state index in [1.807, 2.05) is 30.3 Å². The largest absolute Gasteiger partial charge is 0.480 e. The van der Waals surface area contributed by atoms with Gasteiger partial charge in [-0.05, 0) is 49.6 Å². The van der Waals surface area contributed by atoms with Gasteiger partial charge in [0, 0.05) is 33.6 Å². The molecule has 0 unspecified atom stereocenters. The van der Waals surface area contributed by atoms with Crippen LogP contribution in [-0.2, 0) is 4.79 Å². The van der Waals surface area contributed by atoms with Gasteiger partial charge in [0.05, 0.1) is 12.3 Å². The number of aliphatic hydroxyl groups excluding tert-OH is 1. The molecule has 0 saturated heterocycles. The minimum Gasteiger partial charge on any atom is -0.480 e. The molecule has 9 heteroatoms. The van der Waals surface area contributed by atoms with E-state index in [1.165, 1.54) is 6.20 Å². The number of hydrogen-bond acceptors (Lipinski definition) is 6. The number of carbonyl (C=O) groups is 2. The highest BCUT2D eigenvalue weighted by Crippen LogP contribution is 2.60. The normalized spacial score (nSPS) is 28.5. The monoisotopic (exact) mass is 479 g/mol. The number of rotatable bonds is 5. The van der Waals surface area contributed by atoms with E-state index in [0.29, 0.717) is 41.5 Å². The Labute approximate surface area is 200 Å². The van der Waals surface area contributed by atoms with Gasteiger partial charge in [-0.2, -0.15) is 0 Å². The third kappa shape index (κ3) is 3.54. The van der Waals surface area contributed by atoms with E-state index in [0.717, 1.165) is 5.56 Å². The molecule has 0 radical (unpaired) electrons. The number of hydrogen-bond donors (Lipinski definition) is 3. The average Bonchev–Trinajstić information content (AvgIpc) is 3.28. The van der Waals surface area contributed by atoms with Crippen LogP contribution in [0.5, 0.6) is 5.75 Å². The SMILES string of the molecule is O=C(NC12CC(NC(=O)[C@H]3C[C@@H](O)c4cc(Cl)ccc4O3)(C1)C2)c1cnc(-c2ccccc2)o1. The number of oxazole rings is 1. The second-order valence-corrected chi connectivity index (χ2v) is 9.91. The molecule has 8 nitrogen and oxygen atoms in total. The molecular weight excluding hydrogens is 458 g/mol. The Morgan fingerprint density at radius 2 is 1.79 bits per heavy atom. The van der Waals surface area contributed by atoms with E-state index in [9.17, 15) is 14.7 Å². The third-order valence-electron chi connectivity index (χ3n) is 6.88. The lowest BCUT2D eigenvalue weighted by molar-refractivity contribution is -0.147. The first-order valence-corrected chi connectivity index (χ1v) is 11.5. The highest BCUT2D eigenvalue weighted by atomic mass is 35.5. The fraction of sp³-hybridized carbons (Fsp3) is 0.320. The number of ether oxygens (including phenoxy) is 1. The quantitative estimate of drug-likeness (QED) is 0.517. The number of amides is 2. The van der Waals surface area contributed by atoms with Crippen molar-refractivity contribution in [2.75, 3.05) is 0 Å². The Morgan fingerprint density at radius 3 is 2.56 bits per heavy atom. The van der Waals surface area contributed by atoms with Gasteiger partial charge in [-0.1, -0.05) is 29.8 Å². The Hall–Kier alpha value is -3.36. The van der Waals surface area contributed by atoms with E-state index in [2.05, 4.69) is 15.6 Å². The molecular formula is C25H22ClN3O5. The van der Waals surface area contributed by atoms with Gasteiger partial charge in [-0.15, -0.1) is 0 Å². The van der Waals surface area contributed by atoms with Gasteiger partial charge in [-0.3, -0.25) is 9.59 Å². The van der Waals surface area contributed by atoms with Crippen molar-refractivity contribution in [2.45, 2.75) is 49.0 Å². The number of halogens is 1. The van der Waals surface area contributed by atoms with Crippen molar-refractivity contribution in [3.63, 3.8) is 0 Å². The molecule has 0 spiro atoms. The first kappa shape index (κ1) is 21.2. The summed E-state index contributed by atoms with van der Waals surface area (Å²) in [5.41, 5.74) is 0.691. The van der Waals surface area contributed by atoms with Gasteiger partial charge in [-0.25, -0.2) is 4.98 Å². The molecule has 2 atom stereocenters. The van der Waals surface area contributed by atoms with Crippen LogP contribution in [0.2, 0.25) is 5.02 Å². The maximum atomic E-state index is 12.9. The molecule has 7 rings (SSSR count). The summed E-state index contributed by atoms with van der Waals surface area (Å²) in [7, 11) is 0. The highest BCUT2D eigenvalue weighted by Gasteiger charge is 2.69. The first-order valence-electron chi connectivity index (χ1n) is 11.1. The fourth-order valence-electron chi connectivity index (χ4n) is 5.37. The molecule has 3 saturated carbocycles. The maximum Gasteiger partial charge on any atom is 0.289 e. The van der Waals surface area contributed by atoms with Crippen LogP contribution in [0.4, 0.5) is 0 Å². The molecule has 1 aromatic heterocycles. The van der Waals surface area contributed by atoms with Crippen molar-refractivity contribution < 1.29 is 23.8 Å². The van der Waals surface area contributed by atoms with Crippen molar-refractivity contribution in [3.8, 4) is 17.2 Å². The molecule has 3 fully saturated rings. The summed E-state index contributed by atoms with van der Waals surface area (Å²) >= 11 is 5.99. The predicted octanol–water partition coefficient (Wildman–Crippen LogP) is 3.40. The number of aromatic nitrogens is 1. The van der Waals surface area contributed by atoms with Crippen molar-refractivity contribution in [1.29, 1.82) is 0 Å². The molecule has 3 N–H and O–H groups in total. The van der Waals surface area contributed by atoms with E-state index < -0.39 is 12.2 Å². The molecule has 3 aliphatic carbocycles. The van der Waals surface area contributed by atoms with Gasteiger partial charge in [0.25, 0.3) is 11.8 Å². The van der Waals surface area contributed by atoms with Crippen LogP contribution in [-0.4, -0.2) is 39.1 Å². The zero-order valence-corrected chi connectivity index (χ0v) is 18.8. The van der Waals surface area contributed by atoms with Crippen LogP contribution < -0.4 is 15.4 Å². The average molecular weight is 480 g/mol. The number of nitrogens with one attached hydrogen (secondary N) is 2. The number of benzene rings is 2. The van der Waals surface area contributed by atoms with E-state index >= 15 is 0 Å². The molecule has 2 amide bonds. The molecule has 34 heavy (non-hydrogen) atoms. The van der Waals surface area contributed by atoms with Gasteiger partial charge < -0.3 is 24.9 Å². The smallest absolute Gasteiger partial charge is 0.289 e.